The molecule has 2 fully saturated rings. The SMILES string of the molecule is O=C(O)N1CC2C(C1)C2[N+](=O)[O-]. The van der Waals surface area contributed by atoms with Crippen LogP contribution in [0.2, 0.25) is 0 Å². The van der Waals surface area contributed by atoms with Crippen molar-refractivity contribution >= 4 is 6.09 Å². The summed E-state index contributed by atoms with van der Waals surface area (Å²) in [4.78, 5) is 21.6. The molecule has 0 aromatic carbocycles. The number of nitro groups is 1. The van der Waals surface area contributed by atoms with E-state index in [4.69, 9.17) is 5.11 Å². The number of carboxylic acid groups (broad SMARTS) is 1. The van der Waals surface area contributed by atoms with Crippen molar-refractivity contribution in [3.05, 3.63) is 10.1 Å². The first-order chi connectivity index (χ1) is 5.61. The largest absolute Gasteiger partial charge is 0.465 e. The first kappa shape index (κ1) is 7.33. The van der Waals surface area contributed by atoms with Crippen LogP contribution in [0.4, 0.5) is 4.79 Å². The maximum Gasteiger partial charge on any atom is 0.407 e. The Labute approximate surface area is 67.9 Å². The summed E-state index contributed by atoms with van der Waals surface area (Å²) < 4.78 is 0. The van der Waals surface area contributed by atoms with E-state index in [-0.39, 0.29) is 16.8 Å². The molecule has 2 aliphatic rings. The minimum Gasteiger partial charge on any atom is -0.465 e. The number of carbonyl (C=O) groups is 1. The highest BCUT2D eigenvalue weighted by Crippen LogP contribution is 2.47. The van der Waals surface area contributed by atoms with Crippen LogP contribution in [0.15, 0.2) is 0 Å². The van der Waals surface area contributed by atoms with Crippen LogP contribution in [-0.4, -0.2) is 40.2 Å². The van der Waals surface area contributed by atoms with Crippen LogP contribution in [-0.2, 0) is 0 Å². The number of amides is 1. The lowest BCUT2D eigenvalue weighted by Crippen LogP contribution is -2.32. The molecular weight excluding hydrogens is 164 g/mol. The van der Waals surface area contributed by atoms with Crippen LogP contribution in [0, 0.1) is 22.0 Å². The standard InChI is InChI=1S/C6H8N2O4/c9-6(10)7-1-3-4(2-7)5(3)8(11)12/h3-5H,1-2H2,(H,9,10). The second-order valence-electron chi connectivity index (χ2n) is 3.29. The molecule has 2 rings (SSSR count). The molecule has 0 aromatic heterocycles. The van der Waals surface area contributed by atoms with Gasteiger partial charge in [0.05, 0.1) is 11.8 Å². The Kier molecular flexibility index (Phi) is 1.27. The lowest BCUT2D eigenvalue weighted by Gasteiger charge is -2.12. The molecule has 1 N–H and O–H groups in total. The highest BCUT2D eigenvalue weighted by molar-refractivity contribution is 5.65. The first-order valence-electron chi connectivity index (χ1n) is 3.72. The summed E-state index contributed by atoms with van der Waals surface area (Å²) in [5.41, 5.74) is 0. The zero-order valence-corrected chi connectivity index (χ0v) is 6.21. The minimum absolute atomic E-state index is 0.0175. The molecule has 0 aromatic rings. The third-order valence-electron chi connectivity index (χ3n) is 2.66. The smallest absolute Gasteiger partial charge is 0.407 e. The monoisotopic (exact) mass is 172 g/mol. The van der Waals surface area contributed by atoms with Gasteiger partial charge in [0.25, 0.3) is 0 Å². The molecule has 66 valence electrons. The molecule has 2 unspecified atom stereocenters. The third-order valence-corrected chi connectivity index (χ3v) is 2.66. The summed E-state index contributed by atoms with van der Waals surface area (Å²) >= 11 is 0. The van der Waals surface area contributed by atoms with Gasteiger partial charge in [0.1, 0.15) is 0 Å². The summed E-state index contributed by atoms with van der Waals surface area (Å²) in [5.74, 6) is -0.0350. The molecule has 1 heterocycles. The van der Waals surface area contributed by atoms with E-state index in [1.165, 1.54) is 4.90 Å². The number of nitrogens with zero attached hydrogens (tertiary/aromatic N) is 2. The average Bonchev–Trinajstić information content (AvgIpc) is 2.48. The quantitative estimate of drug-likeness (QED) is 0.441. The highest BCUT2D eigenvalue weighted by Gasteiger charge is 2.65. The van der Waals surface area contributed by atoms with Crippen molar-refractivity contribution in [2.45, 2.75) is 6.04 Å². The number of hydrogen-bond acceptors (Lipinski definition) is 3. The Morgan fingerprint density at radius 1 is 1.50 bits per heavy atom. The van der Waals surface area contributed by atoms with Gasteiger partial charge in [-0.05, 0) is 0 Å². The number of likely N-dealkylation sites (tertiary alicyclic amines) is 1. The van der Waals surface area contributed by atoms with E-state index < -0.39 is 12.1 Å². The third kappa shape index (κ3) is 0.838. The Hall–Kier alpha value is -1.33. The van der Waals surface area contributed by atoms with Crippen molar-refractivity contribution in [3.63, 3.8) is 0 Å². The molecule has 0 radical (unpaired) electrons. The zero-order valence-electron chi connectivity index (χ0n) is 6.21. The molecule has 1 saturated carbocycles. The highest BCUT2D eigenvalue weighted by atomic mass is 16.6. The zero-order chi connectivity index (χ0) is 8.88. The van der Waals surface area contributed by atoms with E-state index in [0.717, 1.165) is 0 Å². The van der Waals surface area contributed by atoms with Crippen LogP contribution < -0.4 is 0 Å². The van der Waals surface area contributed by atoms with Crippen LogP contribution in [0.25, 0.3) is 0 Å². The number of piperidine rings is 1. The van der Waals surface area contributed by atoms with Crippen LogP contribution in [0.1, 0.15) is 0 Å². The summed E-state index contributed by atoms with van der Waals surface area (Å²) in [6, 6.07) is -0.472. The fourth-order valence-corrected chi connectivity index (χ4v) is 1.96. The number of rotatable bonds is 1. The van der Waals surface area contributed by atoms with Gasteiger partial charge in [-0.25, -0.2) is 4.79 Å². The average molecular weight is 172 g/mol. The van der Waals surface area contributed by atoms with Crippen molar-refractivity contribution in [2.75, 3.05) is 13.1 Å². The molecule has 0 spiro atoms. The second kappa shape index (κ2) is 2.09. The van der Waals surface area contributed by atoms with Crippen molar-refractivity contribution in [3.8, 4) is 0 Å². The lowest BCUT2D eigenvalue weighted by molar-refractivity contribution is -0.502. The maximum absolute atomic E-state index is 10.4. The van der Waals surface area contributed by atoms with Crippen molar-refractivity contribution in [1.29, 1.82) is 0 Å². The topological polar surface area (TPSA) is 83.7 Å². The maximum atomic E-state index is 10.4. The van der Waals surface area contributed by atoms with E-state index in [0.29, 0.717) is 13.1 Å². The fraction of sp³-hybridized carbons (Fsp3) is 0.833. The van der Waals surface area contributed by atoms with E-state index in [2.05, 4.69) is 0 Å². The molecule has 0 bridgehead atoms. The van der Waals surface area contributed by atoms with E-state index in [9.17, 15) is 14.9 Å². The van der Waals surface area contributed by atoms with Crippen molar-refractivity contribution < 1.29 is 14.8 Å². The van der Waals surface area contributed by atoms with E-state index >= 15 is 0 Å². The normalized spacial score (nSPS) is 37.7. The summed E-state index contributed by atoms with van der Waals surface area (Å²) in [6.07, 6.45) is -0.968. The van der Waals surface area contributed by atoms with Gasteiger partial charge < -0.3 is 10.0 Å². The van der Waals surface area contributed by atoms with Gasteiger partial charge in [-0.2, -0.15) is 0 Å². The Morgan fingerprint density at radius 3 is 2.33 bits per heavy atom. The van der Waals surface area contributed by atoms with Crippen molar-refractivity contribution in [1.82, 2.24) is 4.90 Å². The molecule has 6 heteroatoms. The summed E-state index contributed by atoms with van der Waals surface area (Å²) in [7, 11) is 0. The fourth-order valence-electron chi connectivity index (χ4n) is 1.96. The molecule has 1 aliphatic heterocycles. The van der Waals surface area contributed by atoms with Gasteiger partial charge >= 0.3 is 6.09 Å². The van der Waals surface area contributed by atoms with E-state index in [1.807, 2.05) is 0 Å². The van der Waals surface area contributed by atoms with Gasteiger partial charge in [-0.15, -0.1) is 0 Å². The molecule has 1 saturated heterocycles. The van der Waals surface area contributed by atoms with Crippen molar-refractivity contribution in [2.24, 2.45) is 11.8 Å². The number of hydrogen-bond donors (Lipinski definition) is 1. The van der Waals surface area contributed by atoms with Gasteiger partial charge in [-0.3, -0.25) is 10.1 Å². The Bertz CT molecular complexity index is 230. The van der Waals surface area contributed by atoms with Gasteiger partial charge in [0.2, 0.25) is 6.04 Å². The minimum atomic E-state index is -0.968. The summed E-state index contributed by atoms with van der Waals surface area (Å²) in [6.45, 7) is 0.678. The lowest BCUT2D eigenvalue weighted by atomic mass is 10.4. The van der Waals surface area contributed by atoms with Gasteiger partial charge in [-0.1, -0.05) is 0 Å². The van der Waals surface area contributed by atoms with Crippen LogP contribution in [0.3, 0.4) is 0 Å². The molecule has 12 heavy (non-hydrogen) atoms. The second-order valence-corrected chi connectivity index (χ2v) is 3.29. The Balaban J connectivity index is 1.94. The van der Waals surface area contributed by atoms with Crippen LogP contribution in [0.5, 0.6) is 0 Å². The molecule has 6 nitrogen and oxygen atoms in total. The predicted molar refractivity (Wildman–Crippen MR) is 37.4 cm³/mol. The van der Waals surface area contributed by atoms with Gasteiger partial charge in [0.15, 0.2) is 0 Å². The van der Waals surface area contributed by atoms with E-state index in [1.54, 1.807) is 0 Å². The molecule has 1 aliphatic carbocycles. The molecular formula is C6H8N2O4. The number of fused-ring (bicyclic) bond motifs is 1. The predicted octanol–water partition coefficient (Wildman–Crippen LogP) is -0.129. The van der Waals surface area contributed by atoms with Gasteiger partial charge in [0, 0.05) is 18.0 Å². The first-order valence-corrected chi connectivity index (χ1v) is 3.72. The van der Waals surface area contributed by atoms with Crippen LogP contribution >= 0.6 is 0 Å². The Morgan fingerprint density at radius 2 is 2.00 bits per heavy atom. The summed E-state index contributed by atoms with van der Waals surface area (Å²) in [5, 5.41) is 18.8. The molecule has 1 amide bonds. The molecule has 2 atom stereocenters.